The Hall–Kier alpha value is -2.81. The molecule has 21 heavy (non-hydrogen) atoms. The van der Waals surface area contributed by atoms with Crippen LogP contribution >= 0.6 is 0 Å². The third-order valence-electron chi connectivity index (χ3n) is 2.56. The van der Waals surface area contributed by atoms with Gasteiger partial charge in [0.1, 0.15) is 5.69 Å². The highest BCUT2D eigenvalue weighted by molar-refractivity contribution is 5.88. The molecule has 0 saturated heterocycles. The van der Waals surface area contributed by atoms with E-state index in [9.17, 15) is 18.0 Å². The van der Waals surface area contributed by atoms with Crippen molar-refractivity contribution >= 4 is 5.97 Å². The van der Waals surface area contributed by atoms with Crippen LogP contribution in [0.5, 0.6) is 0 Å². The molecule has 6 heteroatoms. The molecule has 0 bridgehead atoms. The summed E-state index contributed by atoms with van der Waals surface area (Å²) in [5.41, 5.74) is -1.33. The topological polar surface area (TPSA) is 50.2 Å². The average molecular weight is 291 g/mol. The standard InChI is InChI=1S/C15H8F3NO2/c16-15(17,18)13-7-5-11(14(20)21)9-10(13)4-6-12-3-1-2-8-19-12/h1-3,5,7-9H,(H,20,21). The molecule has 0 radical (unpaired) electrons. The number of hydrogen-bond donors (Lipinski definition) is 1. The van der Waals surface area contributed by atoms with Gasteiger partial charge >= 0.3 is 12.1 Å². The van der Waals surface area contributed by atoms with Gasteiger partial charge in [0.2, 0.25) is 0 Å². The third-order valence-corrected chi connectivity index (χ3v) is 2.56. The minimum atomic E-state index is -4.61. The van der Waals surface area contributed by atoms with Crippen LogP contribution in [0.4, 0.5) is 13.2 Å². The zero-order valence-corrected chi connectivity index (χ0v) is 10.5. The molecule has 2 aromatic rings. The molecule has 0 aliphatic rings. The second-order valence-corrected chi connectivity index (χ2v) is 4.03. The first-order valence-electron chi connectivity index (χ1n) is 5.75. The van der Waals surface area contributed by atoms with Crippen LogP contribution in [-0.2, 0) is 6.18 Å². The van der Waals surface area contributed by atoms with E-state index in [1.165, 1.54) is 6.20 Å². The number of hydrogen-bond acceptors (Lipinski definition) is 2. The van der Waals surface area contributed by atoms with Crippen molar-refractivity contribution in [3.63, 3.8) is 0 Å². The SMILES string of the molecule is O=C(O)c1ccc(C(F)(F)F)c(C#Cc2ccccn2)c1. The van der Waals surface area contributed by atoms with Crippen LogP contribution in [0.15, 0.2) is 42.6 Å². The van der Waals surface area contributed by atoms with E-state index in [-0.39, 0.29) is 5.56 Å². The summed E-state index contributed by atoms with van der Waals surface area (Å²) in [5, 5.41) is 8.85. The lowest BCUT2D eigenvalue weighted by atomic mass is 10.0. The smallest absolute Gasteiger partial charge is 0.417 e. The third kappa shape index (κ3) is 3.60. The van der Waals surface area contributed by atoms with E-state index < -0.39 is 23.3 Å². The van der Waals surface area contributed by atoms with E-state index in [2.05, 4.69) is 16.8 Å². The van der Waals surface area contributed by atoms with Crippen molar-refractivity contribution in [3.8, 4) is 11.8 Å². The Morgan fingerprint density at radius 2 is 1.90 bits per heavy atom. The van der Waals surface area contributed by atoms with Gasteiger partial charge in [0, 0.05) is 11.8 Å². The summed E-state index contributed by atoms with van der Waals surface area (Å²) >= 11 is 0. The Morgan fingerprint density at radius 1 is 1.14 bits per heavy atom. The van der Waals surface area contributed by atoms with Gasteiger partial charge in [-0.15, -0.1) is 0 Å². The number of carboxylic acid groups (broad SMARTS) is 1. The number of alkyl halides is 3. The number of carboxylic acids is 1. The molecule has 0 aliphatic carbocycles. The Morgan fingerprint density at radius 3 is 2.48 bits per heavy atom. The predicted molar refractivity (Wildman–Crippen MR) is 68.6 cm³/mol. The number of pyridine rings is 1. The molecule has 0 fully saturated rings. The largest absolute Gasteiger partial charge is 0.478 e. The number of carbonyl (C=O) groups is 1. The fourth-order valence-corrected chi connectivity index (χ4v) is 1.60. The lowest BCUT2D eigenvalue weighted by molar-refractivity contribution is -0.137. The first-order chi connectivity index (χ1) is 9.88. The number of benzene rings is 1. The van der Waals surface area contributed by atoms with Crippen molar-refractivity contribution in [2.75, 3.05) is 0 Å². The molecule has 0 unspecified atom stereocenters. The molecular formula is C15H8F3NO2. The van der Waals surface area contributed by atoms with Gasteiger partial charge in [-0.25, -0.2) is 9.78 Å². The molecule has 1 aromatic heterocycles. The van der Waals surface area contributed by atoms with Crippen molar-refractivity contribution in [2.45, 2.75) is 6.18 Å². The number of aromatic carboxylic acids is 1. The van der Waals surface area contributed by atoms with Gasteiger partial charge < -0.3 is 5.11 Å². The highest BCUT2D eigenvalue weighted by Crippen LogP contribution is 2.32. The monoisotopic (exact) mass is 291 g/mol. The summed E-state index contributed by atoms with van der Waals surface area (Å²) in [6, 6.07) is 7.36. The molecule has 106 valence electrons. The fraction of sp³-hybridized carbons (Fsp3) is 0.0667. The minimum Gasteiger partial charge on any atom is -0.478 e. The number of nitrogens with zero attached hydrogens (tertiary/aromatic N) is 1. The Bertz CT molecular complexity index is 728. The minimum absolute atomic E-state index is 0.256. The first kappa shape index (κ1) is 14.6. The van der Waals surface area contributed by atoms with E-state index in [0.717, 1.165) is 12.1 Å². The van der Waals surface area contributed by atoms with Crippen LogP contribution in [0.25, 0.3) is 0 Å². The maximum atomic E-state index is 12.9. The highest BCUT2D eigenvalue weighted by atomic mass is 19.4. The van der Waals surface area contributed by atoms with Gasteiger partial charge in [0.25, 0.3) is 0 Å². The van der Waals surface area contributed by atoms with E-state index in [4.69, 9.17) is 5.11 Å². The zero-order valence-electron chi connectivity index (χ0n) is 10.5. The Kier molecular flexibility index (Phi) is 3.94. The molecule has 0 aliphatic heterocycles. The molecular weight excluding hydrogens is 283 g/mol. The number of rotatable bonds is 1. The van der Waals surface area contributed by atoms with Crippen molar-refractivity contribution in [1.82, 2.24) is 4.98 Å². The predicted octanol–water partition coefficient (Wildman–Crippen LogP) is 3.20. The van der Waals surface area contributed by atoms with Crippen molar-refractivity contribution < 1.29 is 23.1 Å². The van der Waals surface area contributed by atoms with Gasteiger partial charge in [0.15, 0.2) is 0 Å². The second-order valence-electron chi connectivity index (χ2n) is 4.03. The van der Waals surface area contributed by atoms with Crippen molar-refractivity contribution in [1.29, 1.82) is 0 Å². The van der Waals surface area contributed by atoms with Crippen molar-refractivity contribution in [2.24, 2.45) is 0 Å². The quantitative estimate of drug-likeness (QED) is 0.821. The molecule has 1 aromatic carbocycles. The van der Waals surface area contributed by atoms with Gasteiger partial charge in [-0.3, -0.25) is 0 Å². The number of aromatic nitrogens is 1. The van der Waals surface area contributed by atoms with Crippen LogP contribution in [-0.4, -0.2) is 16.1 Å². The van der Waals surface area contributed by atoms with Crippen LogP contribution in [0, 0.1) is 11.8 Å². The normalized spacial score (nSPS) is 10.6. The fourth-order valence-electron chi connectivity index (χ4n) is 1.60. The maximum Gasteiger partial charge on any atom is 0.417 e. The molecule has 0 spiro atoms. The van der Waals surface area contributed by atoms with Gasteiger partial charge in [-0.2, -0.15) is 13.2 Å². The van der Waals surface area contributed by atoms with Crippen LogP contribution < -0.4 is 0 Å². The van der Waals surface area contributed by atoms with E-state index in [1.54, 1.807) is 18.2 Å². The lowest BCUT2D eigenvalue weighted by Crippen LogP contribution is -2.09. The van der Waals surface area contributed by atoms with Crippen LogP contribution in [0.3, 0.4) is 0 Å². The number of halogens is 3. The van der Waals surface area contributed by atoms with Crippen LogP contribution in [0.2, 0.25) is 0 Å². The second kappa shape index (κ2) is 5.67. The summed E-state index contributed by atoms with van der Waals surface area (Å²) in [6.45, 7) is 0. The van der Waals surface area contributed by atoms with Gasteiger partial charge in [0.05, 0.1) is 11.1 Å². The molecule has 2 rings (SSSR count). The summed E-state index contributed by atoms with van der Waals surface area (Å²) < 4.78 is 38.6. The molecule has 0 saturated carbocycles. The van der Waals surface area contributed by atoms with E-state index in [0.29, 0.717) is 11.8 Å². The molecule has 1 heterocycles. The van der Waals surface area contributed by atoms with Gasteiger partial charge in [-0.05, 0) is 36.3 Å². The highest BCUT2D eigenvalue weighted by Gasteiger charge is 2.33. The maximum absolute atomic E-state index is 12.9. The van der Waals surface area contributed by atoms with Crippen LogP contribution in [0.1, 0.15) is 27.2 Å². The summed E-state index contributed by atoms with van der Waals surface area (Å²) in [6.07, 6.45) is -3.15. The average Bonchev–Trinajstić information content (AvgIpc) is 2.45. The zero-order chi connectivity index (χ0) is 15.5. The van der Waals surface area contributed by atoms with Gasteiger partial charge in [-0.1, -0.05) is 12.0 Å². The summed E-state index contributed by atoms with van der Waals surface area (Å²) in [4.78, 5) is 14.7. The Labute approximate surface area is 118 Å². The lowest BCUT2D eigenvalue weighted by Gasteiger charge is -2.09. The molecule has 0 atom stereocenters. The molecule has 1 N–H and O–H groups in total. The summed E-state index contributed by atoms with van der Waals surface area (Å²) in [5.74, 6) is 3.51. The van der Waals surface area contributed by atoms with Crippen molar-refractivity contribution in [3.05, 3.63) is 65.0 Å². The van der Waals surface area contributed by atoms with E-state index >= 15 is 0 Å². The first-order valence-corrected chi connectivity index (χ1v) is 5.75. The molecule has 3 nitrogen and oxygen atoms in total. The summed E-state index contributed by atoms with van der Waals surface area (Å²) in [7, 11) is 0. The Balaban J connectivity index is 2.52. The van der Waals surface area contributed by atoms with E-state index in [1.807, 2.05) is 0 Å². The molecule has 0 amide bonds.